The highest BCUT2D eigenvalue weighted by atomic mass is 32.2. The third kappa shape index (κ3) is 4.60. The van der Waals surface area contributed by atoms with E-state index in [-0.39, 0.29) is 23.5 Å². The van der Waals surface area contributed by atoms with Gasteiger partial charge < -0.3 is 9.73 Å². The Morgan fingerprint density at radius 3 is 2.81 bits per heavy atom. The fourth-order valence-corrected chi connectivity index (χ4v) is 2.23. The lowest BCUT2D eigenvalue weighted by Gasteiger charge is -2.09. The summed E-state index contributed by atoms with van der Waals surface area (Å²) in [6.45, 7) is 3.97. The zero-order chi connectivity index (χ0) is 15.2. The van der Waals surface area contributed by atoms with Gasteiger partial charge in [-0.25, -0.2) is 9.37 Å². The minimum atomic E-state index is -0.297. The number of thioether (sulfide) groups is 1. The molecule has 0 unspecified atom stereocenters. The predicted molar refractivity (Wildman–Crippen MR) is 80.5 cm³/mol. The molecule has 2 aromatic rings. The molecule has 0 fully saturated rings. The number of oxazole rings is 1. The minimum Gasteiger partial charge on any atom is -0.431 e. The zero-order valence-electron chi connectivity index (χ0n) is 11.9. The molecule has 0 bridgehead atoms. The van der Waals surface area contributed by atoms with Crippen molar-refractivity contribution >= 4 is 17.7 Å². The normalized spacial score (nSPS) is 12.1. The van der Waals surface area contributed by atoms with Gasteiger partial charge in [0.05, 0.1) is 11.9 Å². The lowest BCUT2D eigenvalue weighted by Crippen LogP contribution is -2.33. The first-order chi connectivity index (χ1) is 10.1. The number of carbonyl (C=O) groups is 1. The van der Waals surface area contributed by atoms with Gasteiger partial charge in [-0.3, -0.25) is 4.79 Å². The highest BCUT2D eigenvalue weighted by molar-refractivity contribution is 7.99. The number of nitrogens with one attached hydrogen (secondary N) is 1. The average molecular weight is 308 g/mol. The molecule has 0 aliphatic carbocycles. The Kier molecular flexibility index (Phi) is 5.38. The van der Waals surface area contributed by atoms with Crippen LogP contribution in [0.3, 0.4) is 0 Å². The molecule has 0 spiro atoms. The molecule has 1 atom stereocenters. The smallest absolute Gasteiger partial charge is 0.256 e. The summed E-state index contributed by atoms with van der Waals surface area (Å²) in [5.41, 5.74) is 0.750. The van der Waals surface area contributed by atoms with Crippen LogP contribution in [0.1, 0.15) is 20.3 Å². The average Bonchev–Trinajstić information content (AvgIpc) is 2.94. The van der Waals surface area contributed by atoms with Crippen LogP contribution in [0.15, 0.2) is 40.1 Å². The number of carbonyl (C=O) groups excluding carboxylic acids is 1. The van der Waals surface area contributed by atoms with Gasteiger partial charge in [-0.15, -0.1) is 0 Å². The molecule has 1 amide bonds. The Balaban J connectivity index is 1.91. The maximum absolute atomic E-state index is 12.9. The standard InChI is InChI=1S/C15H17FN2O2S/c1-3-10(2)18-14(19)9-21-15-17-8-13(20-15)11-4-6-12(16)7-5-11/h4-8,10H,3,9H2,1-2H3,(H,18,19)/t10-/m0/s1. The van der Waals surface area contributed by atoms with Crippen LogP contribution in [0.2, 0.25) is 0 Å². The molecule has 112 valence electrons. The maximum Gasteiger partial charge on any atom is 0.256 e. The van der Waals surface area contributed by atoms with E-state index in [2.05, 4.69) is 10.3 Å². The van der Waals surface area contributed by atoms with Gasteiger partial charge in [-0.05, 0) is 37.6 Å². The summed E-state index contributed by atoms with van der Waals surface area (Å²) in [6.07, 6.45) is 2.46. The molecular formula is C15H17FN2O2S. The summed E-state index contributed by atoms with van der Waals surface area (Å²) < 4.78 is 18.4. The number of hydrogen-bond donors (Lipinski definition) is 1. The van der Waals surface area contributed by atoms with Crippen molar-refractivity contribution in [1.29, 1.82) is 0 Å². The van der Waals surface area contributed by atoms with Crippen LogP contribution in [-0.4, -0.2) is 22.7 Å². The molecule has 0 aliphatic heterocycles. The van der Waals surface area contributed by atoms with Crippen LogP contribution in [0.4, 0.5) is 4.39 Å². The molecule has 0 saturated carbocycles. The third-order valence-corrected chi connectivity index (χ3v) is 3.80. The zero-order valence-corrected chi connectivity index (χ0v) is 12.7. The summed E-state index contributed by atoms with van der Waals surface area (Å²) in [5.74, 6) is 0.471. The van der Waals surface area contributed by atoms with Crippen LogP contribution in [0.25, 0.3) is 11.3 Å². The van der Waals surface area contributed by atoms with Crippen molar-refractivity contribution in [2.24, 2.45) is 0 Å². The van der Waals surface area contributed by atoms with Crippen molar-refractivity contribution in [2.45, 2.75) is 31.5 Å². The number of amides is 1. The fraction of sp³-hybridized carbons (Fsp3) is 0.333. The van der Waals surface area contributed by atoms with Crippen LogP contribution >= 0.6 is 11.8 Å². The molecule has 0 radical (unpaired) electrons. The van der Waals surface area contributed by atoms with Crippen molar-refractivity contribution in [1.82, 2.24) is 10.3 Å². The van der Waals surface area contributed by atoms with Gasteiger partial charge in [-0.1, -0.05) is 18.7 Å². The molecule has 2 rings (SSSR count). The lowest BCUT2D eigenvalue weighted by atomic mass is 10.2. The van der Waals surface area contributed by atoms with Crippen LogP contribution in [0.5, 0.6) is 0 Å². The first-order valence-electron chi connectivity index (χ1n) is 6.72. The second kappa shape index (κ2) is 7.26. The number of hydrogen-bond acceptors (Lipinski definition) is 4. The second-order valence-electron chi connectivity index (χ2n) is 4.66. The van der Waals surface area contributed by atoms with Gasteiger partial charge in [0.2, 0.25) is 5.91 Å². The van der Waals surface area contributed by atoms with E-state index in [1.54, 1.807) is 18.3 Å². The fourth-order valence-electron chi connectivity index (χ4n) is 1.62. The van der Waals surface area contributed by atoms with Gasteiger partial charge in [0, 0.05) is 11.6 Å². The Morgan fingerprint density at radius 2 is 2.14 bits per heavy atom. The molecule has 1 aromatic carbocycles. The maximum atomic E-state index is 12.9. The number of nitrogens with zero attached hydrogens (tertiary/aromatic N) is 1. The molecule has 6 heteroatoms. The second-order valence-corrected chi connectivity index (χ2v) is 5.59. The summed E-state index contributed by atoms with van der Waals surface area (Å²) in [4.78, 5) is 15.8. The van der Waals surface area contributed by atoms with Crippen LogP contribution in [0, 0.1) is 5.82 Å². The predicted octanol–water partition coefficient (Wildman–Crippen LogP) is 3.49. The van der Waals surface area contributed by atoms with Crippen LogP contribution < -0.4 is 5.32 Å². The van der Waals surface area contributed by atoms with Gasteiger partial charge in [-0.2, -0.15) is 0 Å². The molecular weight excluding hydrogens is 291 g/mol. The Bertz CT molecular complexity index is 598. The van der Waals surface area contributed by atoms with Gasteiger partial charge >= 0.3 is 0 Å². The topological polar surface area (TPSA) is 55.1 Å². The van der Waals surface area contributed by atoms with Crippen molar-refractivity contribution < 1.29 is 13.6 Å². The van der Waals surface area contributed by atoms with Crippen molar-refractivity contribution in [3.05, 3.63) is 36.3 Å². The molecule has 1 N–H and O–H groups in total. The lowest BCUT2D eigenvalue weighted by molar-refractivity contribution is -0.119. The van der Waals surface area contributed by atoms with Gasteiger partial charge in [0.1, 0.15) is 5.82 Å². The van der Waals surface area contributed by atoms with E-state index in [9.17, 15) is 9.18 Å². The highest BCUT2D eigenvalue weighted by Crippen LogP contribution is 2.25. The third-order valence-electron chi connectivity index (χ3n) is 2.96. The van der Waals surface area contributed by atoms with E-state index >= 15 is 0 Å². The molecule has 0 aliphatic rings. The van der Waals surface area contributed by atoms with Crippen molar-refractivity contribution in [2.75, 3.05) is 5.75 Å². The SMILES string of the molecule is CC[C@H](C)NC(=O)CSc1ncc(-c2ccc(F)cc2)o1. The number of aromatic nitrogens is 1. The Hall–Kier alpha value is -1.82. The van der Waals surface area contributed by atoms with E-state index in [0.29, 0.717) is 11.0 Å². The molecule has 1 heterocycles. The van der Waals surface area contributed by atoms with Crippen molar-refractivity contribution in [3.8, 4) is 11.3 Å². The van der Waals surface area contributed by atoms with Gasteiger partial charge in [0.15, 0.2) is 5.76 Å². The van der Waals surface area contributed by atoms with Crippen LogP contribution in [-0.2, 0) is 4.79 Å². The summed E-state index contributed by atoms with van der Waals surface area (Å²) in [5, 5.41) is 3.30. The molecule has 1 aromatic heterocycles. The van der Waals surface area contributed by atoms with E-state index in [1.165, 1.54) is 23.9 Å². The van der Waals surface area contributed by atoms with E-state index in [4.69, 9.17) is 4.42 Å². The number of rotatable bonds is 6. The summed E-state index contributed by atoms with van der Waals surface area (Å²) >= 11 is 1.24. The molecule has 0 saturated heterocycles. The number of benzene rings is 1. The minimum absolute atomic E-state index is 0.0455. The van der Waals surface area contributed by atoms with E-state index < -0.39 is 0 Å². The Morgan fingerprint density at radius 1 is 1.43 bits per heavy atom. The van der Waals surface area contributed by atoms with E-state index in [0.717, 1.165) is 12.0 Å². The van der Waals surface area contributed by atoms with Crippen molar-refractivity contribution in [3.63, 3.8) is 0 Å². The number of halogens is 1. The first-order valence-corrected chi connectivity index (χ1v) is 7.71. The highest BCUT2D eigenvalue weighted by Gasteiger charge is 2.11. The quantitative estimate of drug-likeness (QED) is 0.830. The largest absolute Gasteiger partial charge is 0.431 e. The van der Waals surface area contributed by atoms with E-state index in [1.807, 2.05) is 13.8 Å². The summed E-state index contributed by atoms with van der Waals surface area (Å²) in [7, 11) is 0. The summed E-state index contributed by atoms with van der Waals surface area (Å²) in [6, 6.07) is 6.14. The Labute approximate surface area is 127 Å². The molecule has 21 heavy (non-hydrogen) atoms. The first kappa shape index (κ1) is 15.6. The van der Waals surface area contributed by atoms with Gasteiger partial charge in [0.25, 0.3) is 5.22 Å². The molecule has 4 nitrogen and oxygen atoms in total. The monoisotopic (exact) mass is 308 g/mol.